The van der Waals surface area contributed by atoms with Gasteiger partial charge in [0.1, 0.15) is 6.54 Å². The fourth-order valence-corrected chi connectivity index (χ4v) is 3.92. The second kappa shape index (κ2) is 9.85. The molecular weight excluding hydrogens is 368 g/mol. The number of ether oxygens (including phenoxy) is 1. The van der Waals surface area contributed by atoms with Crippen molar-refractivity contribution >= 4 is 27.4 Å². The number of nitrogens with zero attached hydrogens (tertiary/aromatic N) is 1. The molecule has 0 atom stereocenters. The first-order valence-corrected chi connectivity index (χ1v) is 11.1. The van der Waals surface area contributed by atoms with Crippen molar-refractivity contribution in [3.63, 3.8) is 0 Å². The summed E-state index contributed by atoms with van der Waals surface area (Å²) in [5.74, 6) is -0.563. The summed E-state index contributed by atoms with van der Waals surface area (Å²) in [5, 5.41) is 2.73. The van der Waals surface area contributed by atoms with Crippen LogP contribution < -0.4 is 9.62 Å². The SMILES string of the molecule is CC(=O)c1cccc(N(CC(=O)NCCCOC2CCCC2)S(C)(=O)=O)c1. The lowest BCUT2D eigenvalue weighted by Gasteiger charge is -2.22. The van der Waals surface area contributed by atoms with Gasteiger partial charge in [-0.1, -0.05) is 25.0 Å². The van der Waals surface area contributed by atoms with E-state index in [2.05, 4.69) is 5.32 Å². The van der Waals surface area contributed by atoms with Gasteiger partial charge in [0, 0.05) is 18.7 Å². The highest BCUT2D eigenvalue weighted by Gasteiger charge is 2.21. The summed E-state index contributed by atoms with van der Waals surface area (Å²) in [6.07, 6.45) is 6.71. The number of carbonyl (C=O) groups is 2. The van der Waals surface area contributed by atoms with Crippen LogP contribution in [0.4, 0.5) is 5.69 Å². The van der Waals surface area contributed by atoms with Gasteiger partial charge < -0.3 is 10.1 Å². The molecule has 1 fully saturated rings. The van der Waals surface area contributed by atoms with Gasteiger partial charge in [0.2, 0.25) is 15.9 Å². The Morgan fingerprint density at radius 1 is 1.26 bits per heavy atom. The molecule has 150 valence electrons. The van der Waals surface area contributed by atoms with Gasteiger partial charge in [0.05, 0.1) is 18.0 Å². The zero-order chi connectivity index (χ0) is 19.9. The number of anilines is 1. The minimum Gasteiger partial charge on any atom is -0.378 e. The van der Waals surface area contributed by atoms with Crippen molar-refractivity contribution in [2.75, 3.05) is 30.3 Å². The molecule has 1 aliphatic carbocycles. The van der Waals surface area contributed by atoms with Crippen LogP contribution in [-0.4, -0.2) is 52.2 Å². The number of sulfonamides is 1. The Hall–Kier alpha value is -1.93. The van der Waals surface area contributed by atoms with Crippen molar-refractivity contribution in [3.05, 3.63) is 29.8 Å². The average Bonchev–Trinajstić information content (AvgIpc) is 3.12. The first-order valence-electron chi connectivity index (χ1n) is 9.24. The number of hydrogen-bond acceptors (Lipinski definition) is 5. The number of nitrogens with one attached hydrogen (secondary N) is 1. The average molecular weight is 397 g/mol. The lowest BCUT2D eigenvalue weighted by Crippen LogP contribution is -2.40. The molecule has 1 amide bonds. The summed E-state index contributed by atoms with van der Waals surface area (Å²) in [5.41, 5.74) is 0.690. The van der Waals surface area contributed by atoms with E-state index < -0.39 is 15.9 Å². The molecule has 0 spiro atoms. The molecule has 1 N–H and O–H groups in total. The molecular formula is C19H28N2O5S. The van der Waals surface area contributed by atoms with Crippen LogP contribution in [0.3, 0.4) is 0 Å². The standard InChI is InChI=1S/C19H28N2O5S/c1-15(22)16-7-5-8-17(13-16)21(27(2,24)25)14-19(23)20-11-6-12-26-18-9-3-4-10-18/h5,7-8,13,18H,3-4,6,9-12,14H2,1-2H3,(H,20,23). The summed E-state index contributed by atoms with van der Waals surface area (Å²) < 4.78 is 31.0. The first-order chi connectivity index (χ1) is 12.8. The summed E-state index contributed by atoms with van der Waals surface area (Å²) in [7, 11) is -3.67. The zero-order valence-corrected chi connectivity index (χ0v) is 16.8. The van der Waals surface area contributed by atoms with Crippen LogP contribution in [0.5, 0.6) is 0 Å². The highest BCUT2D eigenvalue weighted by molar-refractivity contribution is 7.92. The zero-order valence-electron chi connectivity index (χ0n) is 15.9. The normalized spacial score (nSPS) is 14.9. The third-order valence-corrected chi connectivity index (χ3v) is 5.67. The Bertz CT molecular complexity index is 757. The number of benzene rings is 1. The fourth-order valence-electron chi connectivity index (χ4n) is 3.07. The van der Waals surface area contributed by atoms with E-state index in [1.54, 1.807) is 18.2 Å². The van der Waals surface area contributed by atoms with E-state index in [0.29, 0.717) is 36.9 Å². The molecule has 0 saturated heterocycles. The van der Waals surface area contributed by atoms with Crippen LogP contribution in [0.25, 0.3) is 0 Å². The second-order valence-electron chi connectivity index (χ2n) is 6.86. The van der Waals surface area contributed by atoms with Crippen LogP contribution in [0.1, 0.15) is 49.4 Å². The molecule has 1 saturated carbocycles. The van der Waals surface area contributed by atoms with Crippen molar-refractivity contribution in [2.45, 2.75) is 45.1 Å². The molecule has 7 nitrogen and oxygen atoms in total. The summed E-state index contributed by atoms with van der Waals surface area (Å²) in [6, 6.07) is 6.25. The summed E-state index contributed by atoms with van der Waals surface area (Å²) in [6.45, 7) is 2.09. The number of Topliss-reactive ketones (excluding diaryl/α,β-unsaturated/α-hetero) is 1. The molecule has 0 unspecified atom stereocenters. The lowest BCUT2D eigenvalue weighted by molar-refractivity contribution is -0.119. The van der Waals surface area contributed by atoms with Crippen molar-refractivity contribution in [1.29, 1.82) is 0 Å². The smallest absolute Gasteiger partial charge is 0.240 e. The molecule has 1 aliphatic rings. The molecule has 0 radical (unpaired) electrons. The van der Waals surface area contributed by atoms with Crippen molar-refractivity contribution < 1.29 is 22.7 Å². The molecule has 8 heteroatoms. The molecule has 1 aromatic rings. The van der Waals surface area contributed by atoms with Gasteiger partial charge in [-0.3, -0.25) is 13.9 Å². The Kier molecular flexibility index (Phi) is 7.79. The third-order valence-electron chi connectivity index (χ3n) is 4.53. The van der Waals surface area contributed by atoms with E-state index in [1.807, 2.05) is 0 Å². The summed E-state index contributed by atoms with van der Waals surface area (Å²) in [4.78, 5) is 23.7. The Labute approximate surface area is 161 Å². The number of rotatable bonds is 10. The van der Waals surface area contributed by atoms with Gasteiger partial charge in [-0.05, 0) is 38.3 Å². The highest BCUT2D eigenvalue weighted by Crippen LogP contribution is 2.21. The minimum absolute atomic E-state index is 0.169. The number of carbonyl (C=O) groups excluding carboxylic acids is 2. The third kappa shape index (κ3) is 6.95. The summed E-state index contributed by atoms with van der Waals surface area (Å²) >= 11 is 0. The molecule has 0 aliphatic heterocycles. The van der Waals surface area contributed by atoms with Crippen LogP contribution in [0.15, 0.2) is 24.3 Å². The monoisotopic (exact) mass is 396 g/mol. The van der Waals surface area contributed by atoms with Gasteiger partial charge in [0.25, 0.3) is 0 Å². The molecule has 2 rings (SSSR count). The molecule has 0 heterocycles. The van der Waals surface area contributed by atoms with E-state index in [-0.39, 0.29) is 12.3 Å². The van der Waals surface area contributed by atoms with Crippen LogP contribution in [-0.2, 0) is 19.6 Å². The predicted molar refractivity (Wildman–Crippen MR) is 104 cm³/mol. The highest BCUT2D eigenvalue weighted by atomic mass is 32.2. The molecule has 27 heavy (non-hydrogen) atoms. The quantitative estimate of drug-likeness (QED) is 0.483. The largest absolute Gasteiger partial charge is 0.378 e. The van der Waals surface area contributed by atoms with E-state index in [4.69, 9.17) is 4.74 Å². The van der Waals surface area contributed by atoms with Gasteiger partial charge in [-0.25, -0.2) is 8.42 Å². The molecule has 1 aromatic carbocycles. The Morgan fingerprint density at radius 3 is 2.59 bits per heavy atom. The maximum absolute atomic E-state index is 12.2. The van der Waals surface area contributed by atoms with Crippen LogP contribution in [0.2, 0.25) is 0 Å². The second-order valence-corrected chi connectivity index (χ2v) is 8.76. The fraction of sp³-hybridized carbons (Fsp3) is 0.579. The predicted octanol–water partition coefficient (Wildman–Crippen LogP) is 2.12. The maximum Gasteiger partial charge on any atom is 0.240 e. The van der Waals surface area contributed by atoms with E-state index >= 15 is 0 Å². The topological polar surface area (TPSA) is 92.8 Å². The number of hydrogen-bond donors (Lipinski definition) is 1. The van der Waals surface area contributed by atoms with Gasteiger partial charge >= 0.3 is 0 Å². The van der Waals surface area contributed by atoms with Gasteiger partial charge in [-0.15, -0.1) is 0 Å². The van der Waals surface area contributed by atoms with E-state index in [0.717, 1.165) is 23.4 Å². The van der Waals surface area contributed by atoms with Crippen LogP contribution >= 0.6 is 0 Å². The van der Waals surface area contributed by atoms with E-state index in [9.17, 15) is 18.0 Å². The van der Waals surface area contributed by atoms with Crippen molar-refractivity contribution in [2.24, 2.45) is 0 Å². The Morgan fingerprint density at radius 2 is 1.96 bits per heavy atom. The minimum atomic E-state index is -3.67. The van der Waals surface area contributed by atoms with Gasteiger partial charge in [0.15, 0.2) is 5.78 Å². The van der Waals surface area contributed by atoms with Crippen molar-refractivity contribution in [3.8, 4) is 0 Å². The van der Waals surface area contributed by atoms with Gasteiger partial charge in [-0.2, -0.15) is 0 Å². The first kappa shape index (κ1) is 21.4. The Balaban J connectivity index is 1.87. The van der Waals surface area contributed by atoms with E-state index in [1.165, 1.54) is 25.8 Å². The number of ketones is 1. The number of amides is 1. The maximum atomic E-state index is 12.2. The van der Waals surface area contributed by atoms with Crippen molar-refractivity contribution in [1.82, 2.24) is 5.32 Å². The van der Waals surface area contributed by atoms with Crippen LogP contribution in [0, 0.1) is 0 Å². The molecule has 0 bridgehead atoms. The molecule has 0 aromatic heterocycles. The lowest BCUT2D eigenvalue weighted by atomic mass is 10.1.